The molecule has 5 aliphatic rings. The molecule has 5 fully saturated rings. The van der Waals surface area contributed by atoms with E-state index in [1.165, 1.54) is 56.0 Å². The van der Waals surface area contributed by atoms with Crippen LogP contribution in [-0.2, 0) is 23.0 Å². The van der Waals surface area contributed by atoms with Gasteiger partial charge in [-0.3, -0.25) is 50.3 Å². The lowest BCUT2D eigenvalue weighted by molar-refractivity contribution is -0.385. The molecule has 5 heterocycles. The lowest BCUT2D eigenvalue weighted by Crippen LogP contribution is -2.36. The Labute approximate surface area is 669 Å². The fourth-order valence-corrected chi connectivity index (χ4v) is 10.8. The van der Waals surface area contributed by atoms with E-state index >= 15 is 0 Å². The Bertz CT molecular complexity index is 3290. The van der Waals surface area contributed by atoms with E-state index in [-0.39, 0.29) is 152 Å². The number of carbonyl (C=O) groups excluding carboxylic acids is 2. The predicted molar refractivity (Wildman–Crippen MR) is 451 cm³/mol. The van der Waals surface area contributed by atoms with E-state index in [1.54, 1.807) is 46.2 Å². The van der Waals surface area contributed by atoms with Crippen LogP contribution >= 0.6 is 67.5 Å². The van der Waals surface area contributed by atoms with E-state index in [0.717, 1.165) is 131 Å². The predicted octanol–water partition coefficient (Wildman–Crippen LogP) is 12.5. The summed E-state index contributed by atoms with van der Waals surface area (Å²) in [7, 11) is 0. The van der Waals surface area contributed by atoms with E-state index in [4.69, 9.17) is 20.9 Å². The lowest BCUT2D eigenvalue weighted by Gasteiger charge is -2.24. The summed E-state index contributed by atoms with van der Waals surface area (Å²) in [4.78, 5) is 73.1. The van der Waals surface area contributed by atoms with Crippen LogP contribution in [0.15, 0.2) is 121 Å². The van der Waals surface area contributed by atoms with Gasteiger partial charge in [0.05, 0.1) is 19.7 Å². The molecule has 5 atom stereocenters. The quantitative estimate of drug-likeness (QED) is 0.0133. The molecule has 107 heavy (non-hydrogen) atoms. The van der Waals surface area contributed by atoms with Crippen LogP contribution in [-0.4, -0.2) is 209 Å². The summed E-state index contributed by atoms with van der Waals surface area (Å²) in [6.45, 7) is 29.9. The first-order valence-corrected chi connectivity index (χ1v) is 34.2. The van der Waals surface area contributed by atoms with Crippen LogP contribution in [0.5, 0.6) is 0 Å². The van der Waals surface area contributed by atoms with Crippen molar-refractivity contribution < 1.29 is 51.9 Å². The van der Waals surface area contributed by atoms with Crippen molar-refractivity contribution in [2.24, 2.45) is 5.73 Å². The fourth-order valence-electron chi connectivity index (χ4n) is 10.8. The molecule has 0 aliphatic carbocycles. The number of anilines is 5. The molecule has 0 aromatic heterocycles. The molecular weight excluding hydrogens is 1510 g/mol. The molecule has 28 nitrogen and oxygen atoms in total. The van der Waals surface area contributed by atoms with Gasteiger partial charge in [-0.05, 0) is 173 Å². The van der Waals surface area contributed by atoms with Crippen LogP contribution in [0, 0.1) is 46.3 Å². The van der Waals surface area contributed by atoms with Crippen LogP contribution in [0.3, 0.4) is 0 Å². The van der Waals surface area contributed by atoms with Crippen molar-refractivity contribution in [3.63, 3.8) is 0 Å². The minimum absolute atomic E-state index is 0. The van der Waals surface area contributed by atoms with Crippen molar-refractivity contribution in [2.75, 3.05) is 139 Å². The largest absolute Gasteiger partial charge is 0.813 e. The number of nitrogens with one attached hydrogen (secondary N) is 5. The molecular formula is C70H116F3N16O12S6-. The highest BCUT2D eigenvalue weighted by Crippen LogP contribution is 2.24. The number of carbonyl (C=O) groups is 2. The third-order valence-corrected chi connectivity index (χ3v) is 16.1. The van der Waals surface area contributed by atoms with E-state index in [1.807, 2.05) is 65.8 Å². The molecule has 9 N–H and O–H groups in total. The number of nitrogens with zero attached hydrogens (tertiary/aromatic N) is 9. The lowest BCUT2D eigenvalue weighted by atomic mass is 10.2. The monoisotopic (exact) mass is 1620 g/mol. The van der Waals surface area contributed by atoms with Crippen LogP contribution in [0.4, 0.5) is 73.9 Å². The van der Waals surface area contributed by atoms with Crippen LogP contribution in [0.1, 0.15) is 94.4 Å². The Balaban J connectivity index is -0.00000119. The number of thiol groups is 1. The summed E-state index contributed by atoms with van der Waals surface area (Å²) >= 11 is 0. The number of halogens is 3. The normalized spacial score (nSPS) is 17.5. The summed E-state index contributed by atoms with van der Waals surface area (Å²) in [6.07, 6.45) is 4.27. The van der Waals surface area contributed by atoms with Crippen molar-refractivity contribution in [1.82, 2.24) is 29.8 Å². The van der Waals surface area contributed by atoms with Gasteiger partial charge in [0.2, 0.25) is 0 Å². The van der Waals surface area contributed by atoms with Crippen molar-refractivity contribution in [3.8, 4) is 0 Å². The van der Waals surface area contributed by atoms with Gasteiger partial charge in [0.15, 0.2) is 0 Å². The number of alkyl halides is 2. The maximum atomic E-state index is 12.2. The second kappa shape index (κ2) is 54.5. The van der Waals surface area contributed by atoms with Gasteiger partial charge >= 0.3 is 12.2 Å². The number of rotatable bonds is 19. The zero-order chi connectivity index (χ0) is 74.7. The average Bonchev–Trinajstić information content (AvgIpc) is 1.88. The summed E-state index contributed by atoms with van der Waals surface area (Å²) in [5.74, 6) is -0.467. The number of likely N-dealkylation sites (tertiary alicyclic amines) is 4. The molecule has 0 bridgehead atoms. The van der Waals surface area contributed by atoms with Crippen molar-refractivity contribution >= 4 is 144 Å². The number of nitrogens with two attached hydrogens (primary N) is 2. The second-order valence-electron chi connectivity index (χ2n) is 26.5. The summed E-state index contributed by atoms with van der Waals surface area (Å²) in [5.41, 5.74) is 15.0. The van der Waals surface area contributed by atoms with Crippen LogP contribution in [0.2, 0.25) is 0 Å². The van der Waals surface area contributed by atoms with E-state index in [2.05, 4.69) is 62.1 Å². The molecule has 0 saturated carbocycles. The highest BCUT2D eigenvalue weighted by Gasteiger charge is 2.31. The first kappa shape index (κ1) is 104. The number of hydrogen-bond donors (Lipinski definition) is 7. The zero-order valence-corrected chi connectivity index (χ0v) is 68.5. The number of amides is 2. The van der Waals surface area contributed by atoms with Crippen molar-refractivity contribution in [2.45, 2.75) is 136 Å². The first-order valence-electron chi connectivity index (χ1n) is 34.2. The SMILES string of the molecule is CC(C)(C)OC(=O)N1CC[C@H](N)C1.CC(C)(C)OC(=O)N1CC[C@H](Nc2ccc([N+](=O)[O-])cc2)C1.CCN(CC)CC.Nc1ccc(N[C@H]2CCN(CCF)C2)cc1.O=[N+]([O-])c1ccc(F)cc1.O=[N+]([O-])c1ccc(N[C@H]2CCN(CCF)C2)cc1.O=[N+]([O-])c1ccc(N[C@H]2CCNC2)cc1.S.S.S.S.S.[SH-]. The maximum Gasteiger partial charge on any atom is 0.410 e. The molecule has 5 aromatic carbocycles. The molecule has 5 aromatic rings. The zero-order valence-electron chi connectivity index (χ0n) is 62.6. The number of non-ortho nitro benzene ring substituents is 4. The van der Waals surface area contributed by atoms with Gasteiger partial charge in [-0.2, -0.15) is 67.5 Å². The molecule has 37 heteroatoms. The number of nitro groups is 4. The first-order chi connectivity index (χ1) is 47.9. The van der Waals surface area contributed by atoms with Gasteiger partial charge in [-0.15, -0.1) is 0 Å². The highest BCUT2D eigenvalue weighted by molar-refractivity contribution is 7.60. The molecule has 2 amide bonds. The average molecular weight is 1620 g/mol. The van der Waals surface area contributed by atoms with Crippen molar-refractivity contribution in [1.29, 1.82) is 0 Å². The number of ether oxygens (including phenoxy) is 2. The van der Waals surface area contributed by atoms with Crippen LogP contribution in [0.25, 0.3) is 0 Å². The number of hydrogen-bond acceptors (Lipinski definition) is 23. The van der Waals surface area contributed by atoms with Gasteiger partial charge in [0.1, 0.15) is 30.4 Å². The summed E-state index contributed by atoms with van der Waals surface area (Å²) in [6, 6.07) is 32.6. The van der Waals surface area contributed by atoms with E-state index in [0.29, 0.717) is 44.8 Å². The highest BCUT2D eigenvalue weighted by atomic mass is 32.1. The van der Waals surface area contributed by atoms with E-state index in [9.17, 15) is 63.2 Å². The van der Waals surface area contributed by atoms with Gasteiger partial charge in [0, 0.05) is 179 Å². The Hall–Kier alpha value is -7.07. The number of nitrogen functional groups attached to an aromatic ring is 1. The van der Waals surface area contributed by atoms with Gasteiger partial charge in [-0.1, -0.05) is 20.8 Å². The van der Waals surface area contributed by atoms with Gasteiger partial charge < -0.3 is 75.7 Å². The minimum atomic E-state index is -0.570. The molecule has 0 unspecified atom stereocenters. The van der Waals surface area contributed by atoms with Crippen molar-refractivity contribution in [3.05, 3.63) is 168 Å². The Morgan fingerprint density at radius 3 is 1.09 bits per heavy atom. The van der Waals surface area contributed by atoms with Gasteiger partial charge in [-0.25, -0.2) is 22.8 Å². The Morgan fingerprint density at radius 2 is 0.804 bits per heavy atom. The third-order valence-electron chi connectivity index (χ3n) is 16.1. The standard InChI is InChI=1S/C15H21N3O4.C12H16FN3O2.C12H18FN3.C10H13N3O2.C9H18N2O2.C6H4FNO2.C6H15N.6H2S/c1-15(2,3)22-14(19)17-9-8-12(10-17)16-11-4-6-13(7-5-11)18(20)21;13-6-8-15-7-5-11(9-15)14-10-1-3-12(4-2-10)16(17)18;13-6-8-16-7-5-12(9-16)15-11-3-1-10(14)2-4-11;14-13(15)10-3-1-8(2-4-10)12-9-5-6-11-7-9;1-9(2,3)13-8(12)11-5-4-7(10)6-11;7-5-1-3-6(4-2-5)8(9)10;1-4-7(5-2)6-3;;;;;;/h4-7,12,16H,8-10H2,1-3H3;1-4,11,14H,5-9H2;1-4,12,15H,5-9,14H2;1-4,9,11-12H,5-7H2;7H,4-6,10H2,1-3H3;1-4H;4-6H2,1-3H3;6*1H2/p-1/t12-;11-;12-;9-;7-;;;;;;;;/m00000......../s1. The third kappa shape index (κ3) is 42.5. The summed E-state index contributed by atoms with van der Waals surface area (Å²) in [5, 5.41) is 58.2. The van der Waals surface area contributed by atoms with E-state index < -0.39 is 31.8 Å². The smallest absolute Gasteiger partial charge is 0.410 e. The molecule has 0 spiro atoms. The molecule has 5 saturated heterocycles. The number of benzene rings is 5. The van der Waals surface area contributed by atoms with Crippen LogP contribution < -0.4 is 38.1 Å². The summed E-state index contributed by atoms with van der Waals surface area (Å²) < 4.78 is 47.0. The Kier molecular flexibility index (Phi) is 53.0. The topological polar surface area (TPSA) is 354 Å². The minimum Gasteiger partial charge on any atom is -0.813 e. The fraction of sp³-hybridized carbons (Fsp3) is 0.543. The van der Waals surface area contributed by atoms with Gasteiger partial charge in [0.25, 0.3) is 22.7 Å². The molecule has 0 radical (unpaired) electrons. The maximum absolute atomic E-state index is 12.2. The number of nitro benzene ring substituents is 4. The molecule has 5 aliphatic heterocycles. The molecule has 606 valence electrons. The Morgan fingerprint density at radius 1 is 0.495 bits per heavy atom. The molecule has 10 rings (SSSR count). The second-order valence-corrected chi connectivity index (χ2v) is 26.5.